The maximum atomic E-state index is 11.3. The second-order valence-corrected chi connectivity index (χ2v) is 4.93. The largest absolute Gasteiger partial charge is 0.464 e. The first-order valence-corrected chi connectivity index (χ1v) is 5.95. The summed E-state index contributed by atoms with van der Waals surface area (Å²) in [5.74, 6) is -0.602. The second-order valence-electron chi connectivity index (χ2n) is 4.93. The van der Waals surface area contributed by atoms with Crippen LogP contribution >= 0.6 is 0 Å². The topological polar surface area (TPSA) is 118 Å². The number of aliphatic hydroxyl groups excluding tert-OH is 3. The van der Waals surface area contributed by atoms with Crippen molar-refractivity contribution in [3.05, 3.63) is 11.9 Å². The Hall–Kier alpha value is -1.51. The van der Waals surface area contributed by atoms with Crippen molar-refractivity contribution >= 4 is 5.97 Å². The SMILES string of the molecule is COC(=O)c1cn([C@H]2CC(CO)(CO)C[C@@H]2O)nn1. The summed E-state index contributed by atoms with van der Waals surface area (Å²) in [5, 5.41) is 36.2. The molecule has 19 heavy (non-hydrogen) atoms. The Labute approximate surface area is 109 Å². The molecule has 1 saturated carbocycles. The molecule has 0 bridgehead atoms. The van der Waals surface area contributed by atoms with Crippen LogP contribution < -0.4 is 0 Å². The molecule has 1 aliphatic rings. The first-order chi connectivity index (χ1) is 9.05. The molecule has 1 fully saturated rings. The van der Waals surface area contributed by atoms with Crippen LogP contribution in [0.25, 0.3) is 0 Å². The van der Waals surface area contributed by atoms with Crippen molar-refractivity contribution in [2.24, 2.45) is 5.41 Å². The lowest BCUT2D eigenvalue weighted by Crippen LogP contribution is -2.27. The van der Waals surface area contributed by atoms with E-state index in [-0.39, 0.29) is 25.3 Å². The lowest BCUT2D eigenvalue weighted by atomic mass is 9.88. The van der Waals surface area contributed by atoms with Crippen LogP contribution in [-0.4, -0.2) is 62.7 Å². The van der Waals surface area contributed by atoms with E-state index >= 15 is 0 Å². The highest BCUT2D eigenvalue weighted by molar-refractivity contribution is 5.86. The Balaban J connectivity index is 2.18. The van der Waals surface area contributed by atoms with Crippen LogP contribution in [0.3, 0.4) is 0 Å². The third-order valence-corrected chi connectivity index (χ3v) is 3.64. The van der Waals surface area contributed by atoms with Crippen molar-refractivity contribution in [1.82, 2.24) is 15.0 Å². The summed E-state index contributed by atoms with van der Waals surface area (Å²) in [5.41, 5.74) is -0.665. The summed E-state index contributed by atoms with van der Waals surface area (Å²) in [7, 11) is 1.24. The van der Waals surface area contributed by atoms with Crippen molar-refractivity contribution < 1.29 is 24.9 Å². The lowest BCUT2D eigenvalue weighted by molar-refractivity contribution is 0.0466. The minimum atomic E-state index is -0.758. The van der Waals surface area contributed by atoms with Crippen LogP contribution in [0.1, 0.15) is 29.4 Å². The Kier molecular flexibility index (Phi) is 3.83. The van der Waals surface area contributed by atoms with Gasteiger partial charge >= 0.3 is 5.97 Å². The van der Waals surface area contributed by atoms with E-state index in [0.717, 1.165) is 0 Å². The monoisotopic (exact) mass is 271 g/mol. The molecule has 0 spiro atoms. The van der Waals surface area contributed by atoms with E-state index in [1.165, 1.54) is 18.0 Å². The Morgan fingerprint density at radius 2 is 2.21 bits per heavy atom. The highest BCUT2D eigenvalue weighted by Gasteiger charge is 2.45. The van der Waals surface area contributed by atoms with Gasteiger partial charge in [0.15, 0.2) is 5.69 Å². The van der Waals surface area contributed by atoms with Crippen molar-refractivity contribution in [3.63, 3.8) is 0 Å². The summed E-state index contributed by atoms with van der Waals surface area (Å²) in [6, 6.07) is -0.426. The van der Waals surface area contributed by atoms with Gasteiger partial charge in [-0.25, -0.2) is 9.48 Å². The minimum absolute atomic E-state index is 0.0557. The van der Waals surface area contributed by atoms with E-state index in [0.29, 0.717) is 6.42 Å². The molecule has 106 valence electrons. The number of aromatic nitrogens is 3. The van der Waals surface area contributed by atoms with E-state index in [9.17, 15) is 20.1 Å². The van der Waals surface area contributed by atoms with Gasteiger partial charge in [-0.2, -0.15) is 0 Å². The Morgan fingerprint density at radius 1 is 1.53 bits per heavy atom. The maximum Gasteiger partial charge on any atom is 0.360 e. The number of carbonyl (C=O) groups is 1. The maximum absolute atomic E-state index is 11.3. The predicted octanol–water partition coefficient (Wildman–Crippen LogP) is -1.27. The van der Waals surface area contributed by atoms with E-state index < -0.39 is 23.5 Å². The summed E-state index contributed by atoms with van der Waals surface area (Å²) in [6.07, 6.45) is 1.28. The number of carbonyl (C=O) groups excluding carboxylic acids is 1. The molecule has 0 aliphatic heterocycles. The molecule has 8 heteroatoms. The van der Waals surface area contributed by atoms with Crippen LogP contribution in [0, 0.1) is 5.41 Å². The van der Waals surface area contributed by atoms with Gasteiger partial charge in [0.2, 0.25) is 0 Å². The van der Waals surface area contributed by atoms with Crippen molar-refractivity contribution in [2.75, 3.05) is 20.3 Å². The van der Waals surface area contributed by atoms with Crippen molar-refractivity contribution in [1.29, 1.82) is 0 Å². The highest BCUT2D eigenvalue weighted by Crippen LogP contribution is 2.43. The fourth-order valence-corrected chi connectivity index (χ4v) is 2.46. The van der Waals surface area contributed by atoms with Gasteiger partial charge < -0.3 is 20.1 Å². The number of rotatable bonds is 4. The van der Waals surface area contributed by atoms with Gasteiger partial charge in [0.25, 0.3) is 0 Å². The molecule has 1 heterocycles. The summed E-state index contributed by atoms with van der Waals surface area (Å²) < 4.78 is 5.90. The fraction of sp³-hybridized carbons (Fsp3) is 0.727. The molecule has 0 amide bonds. The van der Waals surface area contributed by atoms with Gasteiger partial charge in [0, 0.05) is 5.41 Å². The zero-order chi connectivity index (χ0) is 14.0. The molecule has 1 aliphatic carbocycles. The van der Waals surface area contributed by atoms with E-state index in [4.69, 9.17) is 0 Å². The number of esters is 1. The zero-order valence-corrected chi connectivity index (χ0v) is 10.6. The number of aliphatic hydroxyl groups is 3. The zero-order valence-electron chi connectivity index (χ0n) is 10.6. The highest BCUT2D eigenvalue weighted by atomic mass is 16.5. The average molecular weight is 271 g/mol. The van der Waals surface area contributed by atoms with Gasteiger partial charge in [-0.15, -0.1) is 5.10 Å². The molecule has 2 atom stereocenters. The lowest BCUT2D eigenvalue weighted by Gasteiger charge is -2.23. The van der Waals surface area contributed by atoms with Gasteiger partial charge in [0.1, 0.15) is 0 Å². The first kappa shape index (κ1) is 13.9. The van der Waals surface area contributed by atoms with Crippen LogP contribution in [0.2, 0.25) is 0 Å². The third-order valence-electron chi connectivity index (χ3n) is 3.64. The van der Waals surface area contributed by atoms with Crippen molar-refractivity contribution in [3.8, 4) is 0 Å². The number of methoxy groups -OCH3 is 1. The molecule has 1 aromatic rings. The van der Waals surface area contributed by atoms with Crippen LogP contribution in [0.5, 0.6) is 0 Å². The average Bonchev–Trinajstić information content (AvgIpc) is 3.02. The van der Waals surface area contributed by atoms with Crippen molar-refractivity contribution in [2.45, 2.75) is 25.0 Å². The van der Waals surface area contributed by atoms with Crippen LogP contribution in [0.4, 0.5) is 0 Å². The Bertz CT molecular complexity index is 457. The van der Waals surface area contributed by atoms with Crippen LogP contribution in [0.15, 0.2) is 6.20 Å². The summed E-state index contributed by atoms with van der Waals surface area (Å²) >= 11 is 0. The summed E-state index contributed by atoms with van der Waals surface area (Å²) in [6.45, 7) is -0.425. The van der Waals surface area contributed by atoms with E-state index in [2.05, 4.69) is 15.0 Å². The molecule has 0 saturated heterocycles. The van der Waals surface area contributed by atoms with Gasteiger partial charge in [-0.1, -0.05) is 5.21 Å². The third kappa shape index (κ3) is 2.46. The molecule has 8 nitrogen and oxygen atoms in total. The molecule has 0 aromatic carbocycles. The number of hydrogen-bond acceptors (Lipinski definition) is 7. The smallest absolute Gasteiger partial charge is 0.360 e. The number of nitrogens with zero attached hydrogens (tertiary/aromatic N) is 3. The molecule has 0 unspecified atom stereocenters. The molecule has 0 radical (unpaired) electrons. The van der Waals surface area contributed by atoms with E-state index in [1.807, 2.05) is 0 Å². The Morgan fingerprint density at radius 3 is 2.74 bits per heavy atom. The molecule has 1 aromatic heterocycles. The van der Waals surface area contributed by atoms with Gasteiger partial charge in [-0.05, 0) is 12.8 Å². The minimum Gasteiger partial charge on any atom is -0.464 e. The molecular weight excluding hydrogens is 254 g/mol. The normalized spacial score (nSPS) is 25.5. The first-order valence-electron chi connectivity index (χ1n) is 5.95. The number of hydrogen-bond donors (Lipinski definition) is 3. The molecular formula is C11H17N3O5. The predicted molar refractivity (Wildman–Crippen MR) is 62.2 cm³/mol. The van der Waals surface area contributed by atoms with Gasteiger partial charge in [0.05, 0.1) is 38.7 Å². The molecule has 2 rings (SSSR count). The van der Waals surface area contributed by atoms with Crippen LogP contribution in [-0.2, 0) is 4.74 Å². The second kappa shape index (κ2) is 5.24. The standard InChI is InChI=1S/C11H17N3O5/c1-19-10(18)7-4-14(13-12-7)8-2-11(5-15,6-16)3-9(8)17/h4,8-9,15-17H,2-3,5-6H2,1H3/t8-,9-/m0/s1. The van der Waals surface area contributed by atoms with Gasteiger partial charge in [-0.3, -0.25) is 0 Å². The quantitative estimate of drug-likeness (QED) is 0.584. The summed E-state index contributed by atoms with van der Waals surface area (Å²) in [4.78, 5) is 11.3. The van der Waals surface area contributed by atoms with E-state index in [1.54, 1.807) is 0 Å². The fourth-order valence-electron chi connectivity index (χ4n) is 2.46. The molecule has 3 N–H and O–H groups in total. The number of ether oxygens (including phenoxy) is 1.